The molecule has 2 N–H and O–H groups in total. The Morgan fingerprint density at radius 1 is 1.53 bits per heavy atom. The molecule has 1 aromatic heterocycles. The van der Waals surface area contributed by atoms with Gasteiger partial charge in [-0.2, -0.15) is 0 Å². The van der Waals surface area contributed by atoms with Crippen molar-refractivity contribution >= 4 is 5.69 Å². The number of nitrogen functional groups attached to an aromatic ring is 1. The van der Waals surface area contributed by atoms with Crippen LogP contribution in [0.3, 0.4) is 0 Å². The van der Waals surface area contributed by atoms with Crippen molar-refractivity contribution in [2.24, 2.45) is 11.8 Å². The highest BCUT2D eigenvalue weighted by atomic mass is 16.1. The minimum atomic E-state index is 0.0207. The first-order valence-electron chi connectivity index (χ1n) is 6.21. The van der Waals surface area contributed by atoms with Gasteiger partial charge in [-0.15, -0.1) is 0 Å². The fourth-order valence-electron chi connectivity index (χ4n) is 2.15. The Labute approximate surface area is 102 Å². The van der Waals surface area contributed by atoms with Gasteiger partial charge >= 0.3 is 0 Å². The van der Waals surface area contributed by atoms with E-state index in [2.05, 4.69) is 18.9 Å². The molecule has 1 fully saturated rings. The summed E-state index contributed by atoms with van der Waals surface area (Å²) in [6.45, 7) is 5.03. The molecule has 1 aliphatic carbocycles. The maximum atomic E-state index is 11.6. The molecule has 2 atom stereocenters. The summed E-state index contributed by atoms with van der Waals surface area (Å²) in [4.78, 5) is 13.9. The zero-order chi connectivity index (χ0) is 12.4. The second kappa shape index (κ2) is 4.92. The molecule has 0 aliphatic heterocycles. The van der Waals surface area contributed by atoms with Crippen LogP contribution in [0.5, 0.6) is 0 Å². The van der Waals surface area contributed by atoms with E-state index in [1.807, 2.05) is 0 Å². The van der Waals surface area contributed by atoms with Gasteiger partial charge in [0, 0.05) is 37.6 Å². The Kier molecular flexibility index (Phi) is 3.52. The van der Waals surface area contributed by atoms with Crippen LogP contribution in [-0.4, -0.2) is 29.6 Å². The molecule has 1 aromatic rings. The minimum absolute atomic E-state index is 0.0207. The normalized spacial score (nSPS) is 23.0. The summed E-state index contributed by atoms with van der Waals surface area (Å²) in [6, 6.07) is 3.17. The maximum Gasteiger partial charge on any atom is 0.250 e. The summed E-state index contributed by atoms with van der Waals surface area (Å²) in [6.07, 6.45) is 3.07. The third-order valence-electron chi connectivity index (χ3n) is 3.55. The monoisotopic (exact) mass is 235 g/mol. The highest BCUT2D eigenvalue weighted by Gasteiger charge is 2.32. The number of hydrogen-bond donors (Lipinski definition) is 1. The van der Waals surface area contributed by atoms with Crippen molar-refractivity contribution in [3.63, 3.8) is 0 Å². The van der Waals surface area contributed by atoms with Crippen LogP contribution in [0.1, 0.15) is 13.3 Å². The molecule has 2 unspecified atom stereocenters. The molecule has 17 heavy (non-hydrogen) atoms. The molecule has 4 nitrogen and oxygen atoms in total. The third-order valence-corrected chi connectivity index (χ3v) is 3.55. The molecular weight excluding hydrogens is 214 g/mol. The molecule has 2 rings (SSSR count). The Hall–Kier alpha value is -1.29. The Morgan fingerprint density at radius 2 is 2.24 bits per heavy atom. The maximum absolute atomic E-state index is 11.6. The molecule has 4 heteroatoms. The molecule has 0 aromatic carbocycles. The van der Waals surface area contributed by atoms with Crippen molar-refractivity contribution in [3.05, 3.63) is 28.7 Å². The summed E-state index contributed by atoms with van der Waals surface area (Å²) < 4.78 is 1.68. The Bertz CT molecular complexity index is 441. The molecule has 1 aliphatic rings. The predicted octanol–water partition coefficient (Wildman–Crippen LogP) is 1.02. The van der Waals surface area contributed by atoms with Crippen molar-refractivity contribution in [2.75, 3.05) is 25.9 Å². The molecule has 94 valence electrons. The van der Waals surface area contributed by atoms with Crippen molar-refractivity contribution in [3.8, 4) is 0 Å². The quantitative estimate of drug-likeness (QED) is 0.829. The summed E-state index contributed by atoms with van der Waals surface area (Å²) in [5.74, 6) is 1.74. The number of nitrogens with zero attached hydrogens (tertiary/aromatic N) is 2. The number of anilines is 1. The van der Waals surface area contributed by atoms with Gasteiger partial charge in [0.1, 0.15) is 0 Å². The first kappa shape index (κ1) is 12.2. The number of aromatic nitrogens is 1. The van der Waals surface area contributed by atoms with Crippen LogP contribution in [0.4, 0.5) is 5.69 Å². The molecule has 1 saturated carbocycles. The molecule has 0 bridgehead atoms. The molecular formula is C13H21N3O. The Morgan fingerprint density at radius 3 is 2.88 bits per heavy atom. The van der Waals surface area contributed by atoms with Crippen LogP contribution in [-0.2, 0) is 6.54 Å². The topological polar surface area (TPSA) is 51.3 Å². The number of rotatable bonds is 5. The average Bonchev–Trinajstić information content (AvgIpc) is 2.95. The smallest absolute Gasteiger partial charge is 0.250 e. The second-order valence-electron chi connectivity index (χ2n) is 5.23. The van der Waals surface area contributed by atoms with Crippen molar-refractivity contribution in [2.45, 2.75) is 19.9 Å². The summed E-state index contributed by atoms with van der Waals surface area (Å²) in [5.41, 5.74) is 6.33. The van der Waals surface area contributed by atoms with Crippen molar-refractivity contribution < 1.29 is 0 Å². The van der Waals surface area contributed by atoms with Gasteiger partial charge in [0.15, 0.2) is 0 Å². The molecule has 0 saturated heterocycles. The molecule has 0 amide bonds. The van der Waals surface area contributed by atoms with Gasteiger partial charge in [0.2, 0.25) is 0 Å². The van der Waals surface area contributed by atoms with E-state index < -0.39 is 0 Å². The van der Waals surface area contributed by atoms with E-state index in [9.17, 15) is 4.79 Å². The number of hydrogen-bond acceptors (Lipinski definition) is 3. The molecule has 0 radical (unpaired) electrons. The molecule has 1 heterocycles. The largest absolute Gasteiger partial charge is 0.398 e. The highest BCUT2D eigenvalue weighted by Crippen LogP contribution is 2.37. The lowest BCUT2D eigenvalue weighted by molar-refractivity contribution is 0.300. The van der Waals surface area contributed by atoms with Gasteiger partial charge in [-0.1, -0.05) is 6.92 Å². The van der Waals surface area contributed by atoms with Crippen LogP contribution in [0, 0.1) is 11.8 Å². The van der Waals surface area contributed by atoms with E-state index in [1.54, 1.807) is 16.8 Å². The van der Waals surface area contributed by atoms with E-state index in [0.29, 0.717) is 12.2 Å². The number of nitrogens with two attached hydrogens (primary N) is 1. The average molecular weight is 235 g/mol. The fraction of sp³-hybridized carbons (Fsp3) is 0.615. The van der Waals surface area contributed by atoms with Crippen LogP contribution < -0.4 is 11.3 Å². The third kappa shape index (κ3) is 3.33. The highest BCUT2D eigenvalue weighted by molar-refractivity contribution is 5.33. The predicted molar refractivity (Wildman–Crippen MR) is 69.9 cm³/mol. The lowest BCUT2D eigenvalue weighted by atomic mass is 10.3. The van der Waals surface area contributed by atoms with Gasteiger partial charge in [-0.25, -0.2) is 0 Å². The summed E-state index contributed by atoms with van der Waals surface area (Å²) >= 11 is 0. The summed E-state index contributed by atoms with van der Waals surface area (Å²) in [5, 5.41) is 0. The lowest BCUT2D eigenvalue weighted by Crippen LogP contribution is -2.29. The van der Waals surface area contributed by atoms with E-state index in [-0.39, 0.29) is 5.56 Å². The van der Waals surface area contributed by atoms with Crippen LogP contribution in [0.2, 0.25) is 0 Å². The number of pyridine rings is 1. The second-order valence-corrected chi connectivity index (χ2v) is 5.23. The summed E-state index contributed by atoms with van der Waals surface area (Å²) in [7, 11) is 2.11. The van der Waals surface area contributed by atoms with Gasteiger partial charge in [-0.3, -0.25) is 4.79 Å². The van der Waals surface area contributed by atoms with Crippen LogP contribution >= 0.6 is 0 Å². The van der Waals surface area contributed by atoms with Gasteiger partial charge in [-0.05, 0) is 31.4 Å². The minimum Gasteiger partial charge on any atom is -0.398 e. The fourth-order valence-corrected chi connectivity index (χ4v) is 2.15. The van der Waals surface area contributed by atoms with E-state index in [4.69, 9.17) is 5.73 Å². The van der Waals surface area contributed by atoms with Crippen LogP contribution in [0.15, 0.2) is 23.1 Å². The van der Waals surface area contributed by atoms with Crippen molar-refractivity contribution in [1.82, 2.24) is 9.47 Å². The zero-order valence-corrected chi connectivity index (χ0v) is 10.6. The van der Waals surface area contributed by atoms with E-state index in [0.717, 1.165) is 24.9 Å². The van der Waals surface area contributed by atoms with E-state index in [1.165, 1.54) is 12.5 Å². The standard InChI is InChI=1S/C13H21N3O/c1-10-7-11(10)8-15(2)5-6-16-9-12(14)3-4-13(16)17/h3-4,9-11H,5-8,14H2,1-2H3. The first-order chi connectivity index (χ1) is 8.06. The van der Waals surface area contributed by atoms with Gasteiger partial charge in [0.25, 0.3) is 5.56 Å². The van der Waals surface area contributed by atoms with Crippen molar-refractivity contribution in [1.29, 1.82) is 0 Å². The van der Waals surface area contributed by atoms with Gasteiger partial charge < -0.3 is 15.2 Å². The zero-order valence-electron chi connectivity index (χ0n) is 10.6. The number of likely N-dealkylation sites (N-methyl/N-ethyl adjacent to an activating group) is 1. The molecule has 0 spiro atoms. The Balaban J connectivity index is 1.84. The SMILES string of the molecule is CC1CC1CN(C)CCn1cc(N)ccc1=O. The lowest BCUT2D eigenvalue weighted by Gasteiger charge is -2.17. The van der Waals surface area contributed by atoms with Gasteiger partial charge in [0.05, 0.1) is 0 Å². The first-order valence-corrected chi connectivity index (χ1v) is 6.21. The van der Waals surface area contributed by atoms with Crippen LogP contribution in [0.25, 0.3) is 0 Å². The van der Waals surface area contributed by atoms with E-state index >= 15 is 0 Å².